The van der Waals surface area contributed by atoms with E-state index < -0.39 is 5.97 Å². The summed E-state index contributed by atoms with van der Waals surface area (Å²) in [5.74, 6) is -0.299. The van der Waals surface area contributed by atoms with Crippen LogP contribution in [0.2, 0.25) is 0 Å². The third kappa shape index (κ3) is 5.33. The van der Waals surface area contributed by atoms with E-state index in [1.54, 1.807) is 6.07 Å². The van der Waals surface area contributed by atoms with Crippen LogP contribution in [0.1, 0.15) is 12.5 Å². The highest BCUT2D eigenvalue weighted by atomic mass is 79.9. The summed E-state index contributed by atoms with van der Waals surface area (Å²) in [5, 5.41) is 8.59. The lowest BCUT2D eigenvalue weighted by Crippen LogP contribution is -2.06. The van der Waals surface area contributed by atoms with Crippen LogP contribution in [0, 0.1) is 0 Å². The summed E-state index contributed by atoms with van der Waals surface area (Å²) in [6.45, 7) is 3.59. The van der Waals surface area contributed by atoms with Gasteiger partial charge < -0.3 is 14.6 Å². The molecule has 18 heavy (non-hydrogen) atoms. The summed E-state index contributed by atoms with van der Waals surface area (Å²) in [6, 6.07) is 5.40. The van der Waals surface area contributed by atoms with Crippen molar-refractivity contribution in [3.8, 4) is 5.75 Å². The molecule has 0 saturated carbocycles. The smallest absolute Gasteiger partial charge is 0.328 e. The SMILES string of the molecule is CCOCCOc1ccc(Br)c(/C=C/C(=O)O)c1. The van der Waals surface area contributed by atoms with Gasteiger partial charge in [-0.25, -0.2) is 4.79 Å². The van der Waals surface area contributed by atoms with Crippen LogP contribution in [0.4, 0.5) is 0 Å². The molecule has 98 valence electrons. The van der Waals surface area contributed by atoms with E-state index in [4.69, 9.17) is 14.6 Å². The maximum Gasteiger partial charge on any atom is 0.328 e. The Balaban J connectivity index is 2.65. The van der Waals surface area contributed by atoms with Crippen LogP contribution < -0.4 is 4.74 Å². The summed E-state index contributed by atoms with van der Waals surface area (Å²) in [5.41, 5.74) is 0.756. The Bertz CT molecular complexity index is 429. The van der Waals surface area contributed by atoms with E-state index in [2.05, 4.69) is 15.9 Å². The first-order valence-electron chi connectivity index (χ1n) is 5.54. The Labute approximate surface area is 114 Å². The van der Waals surface area contributed by atoms with Crippen molar-refractivity contribution in [1.29, 1.82) is 0 Å². The molecule has 0 aliphatic heterocycles. The molecule has 0 unspecified atom stereocenters. The van der Waals surface area contributed by atoms with Gasteiger partial charge in [-0.05, 0) is 36.8 Å². The Kier molecular flexibility index (Phi) is 6.46. The zero-order valence-electron chi connectivity index (χ0n) is 10.1. The minimum atomic E-state index is -0.982. The molecule has 0 fully saturated rings. The molecular formula is C13H15BrO4. The van der Waals surface area contributed by atoms with Gasteiger partial charge in [-0.1, -0.05) is 15.9 Å². The first-order valence-corrected chi connectivity index (χ1v) is 6.34. The first-order chi connectivity index (χ1) is 8.63. The summed E-state index contributed by atoms with van der Waals surface area (Å²) in [7, 11) is 0. The minimum absolute atomic E-state index is 0.470. The van der Waals surface area contributed by atoms with Gasteiger partial charge in [0.05, 0.1) is 6.61 Å². The molecule has 0 spiro atoms. The number of benzene rings is 1. The van der Waals surface area contributed by atoms with E-state index in [1.807, 2.05) is 19.1 Å². The maximum atomic E-state index is 10.5. The lowest BCUT2D eigenvalue weighted by atomic mass is 10.2. The number of halogens is 1. The Morgan fingerprint density at radius 3 is 2.89 bits per heavy atom. The second-order valence-electron chi connectivity index (χ2n) is 3.40. The van der Waals surface area contributed by atoms with Crippen molar-refractivity contribution in [2.45, 2.75) is 6.92 Å². The molecule has 0 amide bonds. The Hall–Kier alpha value is -1.33. The van der Waals surface area contributed by atoms with Crippen molar-refractivity contribution in [1.82, 2.24) is 0 Å². The third-order valence-electron chi connectivity index (χ3n) is 2.07. The predicted octanol–water partition coefficient (Wildman–Crippen LogP) is 2.96. The van der Waals surface area contributed by atoms with Crippen molar-refractivity contribution < 1.29 is 19.4 Å². The standard InChI is InChI=1S/C13H15BrO4/c1-2-17-7-8-18-11-4-5-12(14)10(9-11)3-6-13(15)16/h3-6,9H,2,7-8H2,1H3,(H,15,16)/b6-3+. The highest BCUT2D eigenvalue weighted by Crippen LogP contribution is 2.23. The van der Waals surface area contributed by atoms with Gasteiger partial charge >= 0.3 is 5.97 Å². The van der Waals surface area contributed by atoms with E-state index in [9.17, 15) is 4.79 Å². The zero-order chi connectivity index (χ0) is 13.4. The number of hydrogen-bond acceptors (Lipinski definition) is 3. The molecule has 1 rings (SSSR count). The molecule has 0 heterocycles. The van der Waals surface area contributed by atoms with E-state index in [1.165, 1.54) is 6.08 Å². The summed E-state index contributed by atoms with van der Waals surface area (Å²) in [6.07, 6.45) is 2.60. The van der Waals surface area contributed by atoms with Gasteiger partial charge in [0.25, 0.3) is 0 Å². The van der Waals surface area contributed by atoms with Gasteiger partial charge in [-0.15, -0.1) is 0 Å². The van der Waals surface area contributed by atoms with Crippen molar-refractivity contribution >= 4 is 28.0 Å². The van der Waals surface area contributed by atoms with Gasteiger partial charge in [0, 0.05) is 17.2 Å². The molecule has 1 N–H and O–H groups in total. The fourth-order valence-electron chi connectivity index (χ4n) is 1.26. The highest BCUT2D eigenvalue weighted by molar-refractivity contribution is 9.10. The van der Waals surface area contributed by atoms with Crippen molar-refractivity contribution in [3.05, 3.63) is 34.3 Å². The zero-order valence-corrected chi connectivity index (χ0v) is 11.6. The van der Waals surface area contributed by atoms with Crippen molar-refractivity contribution in [2.24, 2.45) is 0 Å². The summed E-state index contributed by atoms with van der Waals surface area (Å²) in [4.78, 5) is 10.5. The molecule has 0 saturated heterocycles. The van der Waals surface area contributed by atoms with Crippen LogP contribution in [0.25, 0.3) is 6.08 Å². The fourth-order valence-corrected chi connectivity index (χ4v) is 1.64. The molecule has 0 atom stereocenters. The van der Waals surface area contributed by atoms with E-state index in [0.717, 1.165) is 16.1 Å². The number of carbonyl (C=O) groups is 1. The van der Waals surface area contributed by atoms with Crippen LogP contribution in [-0.4, -0.2) is 30.9 Å². The monoisotopic (exact) mass is 314 g/mol. The van der Waals surface area contributed by atoms with Crippen LogP contribution >= 0.6 is 15.9 Å². The van der Waals surface area contributed by atoms with E-state index in [0.29, 0.717) is 25.6 Å². The molecule has 1 aromatic rings. The van der Waals surface area contributed by atoms with Gasteiger partial charge in [0.2, 0.25) is 0 Å². The van der Waals surface area contributed by atoms with Crippen LogP contribution in [0.3, 0.4) is 0 Å². The largest absolute Gasteiger partial charge is 0.491 e. The molecule has 5 heteroatoms. The normalized spacial score (nSPS) is 10.8. The van der Waals surface area contributed by atoms with E-state index >= 15 is 0 Å². The average molecular weight is 315 g/mol. The summed E-state index contributed by atoms with van der Waals surface area (Å²) < 4.78 is 11.5. The molecule has 0 aliphatic carbocycles. The number of carboxylic acid groups (broad SMARTS) is 1. The van der Waals surface area contributed by atoms with E-state index in [-0.39, 0.29) is 0 Å². The second kappa shape index (κ2) is 7.89. The second-order valence-corrected chi connectivity index (χ2v) is 4.25. The number of carboxylic acids is 1. The molecule has 0 aromatic heterocycles. The van der Waals surface area contributed by atoms with Gasteiger partial charge in [-0.3, -0.25) is 0 Å². The van der Waals surface area contributed by atoms with Gasteiger partial charge in [0.1, 0.15) is 12.4 Å². The molecule has 0 bridgehead atoms. The van der Waals surface area contributed by atoms with Crippen molar-refractivity contribution in [2.75, 3.05) is 19.8 Å². The maximum absolute atomic E-state index is 10.5. The molecule has 4 nitrogen and oxygen atoms in total. The molecule has 0 radical (unpaired) electrons. The van der Waals surface area contributed by atoms with Gasteiger partial charge in [-0.2, -0.15) is 0 Å². The molecule has 1 aromatic carbocycles. The first kappa shape index (κ1) is 14.7. The Morgan fingerprint density at radius 1 is 1.44 bits per heavy atom. The minimum Gasteiger partial charge on any atom is -0.491 e. The highest BCUT2D eigenvalue weighted by Gasteiger charge is 2.00. The predicted molar refractivity (Wildman–Crippen MR) is 72.8 cm³/mol. The lowest BCUT2D eigenvalue weighted by molar-refractivity contribution is -0.131. The molecular weight excluding hydrogens is 300 g/mol. The van der Waals surface area contributed by atoms with Crippen molar-refractivity contribution in [3.63, 3.8) is 0 Å². The van der Waals surface area contributed by atoms with Gasteiger partial charge in [0.15, 0.2) is 0 Å². The number of rotatable bonds is 7. The number of ether oxygens (including phenoxy) is 2. The van der Waals surface area contributed by atoms with Crippen LogP contribution in [0.15, 0.2) is 28.7 Å². The van der Waals surface area contributed by atoms with Crippen LogP contribution in [0.5, 0.6) is 5.75 Å². The average Bonchev–Trinajstić information content (AvgIpc) is 2.34. The third-order valence-corrected chi connectivity index (χ3v) is 2.80. The lowest BCUT2D eigenvalue weighted by Gasteiger charge is -2.07. The topological polar surface area (TPSA) is 55.8 Å². The summed E-state index contributed by atoms with van der Waals surface area (Å²) >= 11 is 3.35. The molecule has 0 aliphatic rings. The number of hydrogen-bond donors (Lipinski definition) is 1. The van der Waals surface area contributed by atoms with Crippen LogP contribution in [-0.2, 0) is 9.53 Å². The fraction of sp³-hybridized carbons (Fsp3) is 0.308. The Morgan fingerprint density at radius 2 is 2.22 bits per heavy atom. The quantitative estimate of drug-likeness (QED) is 0.621. The number of aliphatic carboxylic acids is 1.